The van der Waals surface area contributed by atoms with Crippen LogP contribution in [0.25, 0.3) is 0 Å². The van der Waals surface area contributed by atoms with Crippen molar-refractivity contribution in [1.82, 2.24) is 5.06 Å². The molecule has 18 heavy (non-hydrogen) atoms. The van der Waals surface area contributed by atoms with Crippen molar-refractivity contribution in [2.75, 3.05) is 0 Å². The first-order valence-corrected chi connectivity index (χ1v) is 6.87. The predicted octanol–water partition coefficient (Wildman–Crippen LogP) is 4.33. The summed E-state index contributed by atoms with van der Waals surface area (Å²) in [6.45, 7) is 11.2. The number of aryl methyl sites for hydroxylation is 1. The third-order valence-electron chi connectivity index (χ3n) is 3.96. The smallest absolute Gasteiger partial charge is 0.150 e. The zero-order valence-corrected chi connectivity index (χ0v) is 12.3. The van der Waals surface area contributed by atoms with Gasteiger partial charge in [0.25, 0.3) is 0 Å². The summed E-state index contributed by atoms with van der Waals surface area (Å²) in [4.78, 5) is 6.25. The topological polar surface area (TPSA) is 12.5 Å². The van der Waals surface area contributed by atoms with Gasteiger partial charge in [0.1, 0.15) is 5.75 Å². The Labute approximate surface area is 111 Å². The summed E-state index contributed by atoms with van der Waals surface area (Å²) in [5.74, 6) is 0.973. The molecule has 1 aliphatic heterocycles. The number of benzene rings is 1. The second-order valence-corrected chi connectivity index (χ2v) is 6.63. The van der Waals surface area contributed by atoms with E-state index >= 15 is 0 Å². The average Bonchev–Trinajstić information content (AvgIpc) is 2.25. The molecule has 0 aromatic heterocycles. The second-order valence-electron chi connectivity index (χ2n) is 6.63. The first-order chi connectivity index (χ1) is 8.33. The van der Waals surface area contributed by atoms with Crippen LogP contribution in [0.15, 0.2) is 24.3 Å². The first-order valence-electron chi connectivity index (χ1n) is 6.87. The molecule has 0 amide bonds. The van der Waals surface area contributed by atoms with Gasteiger partial charge in [-0.2, -0.15) is 0 Å². The second kappa shape index (κ2) is 4.58. The van der Waals surface area contributed by atoms with Crippen molar-refractivity contribution in [3.8, 4) is 5.75 Å². The van der Waals surface area contributed by atoms with Gasteiger partial charge in [-0.15, -0.1) is 5.06 Å². The van der Waals surface area contributed by atoms with E-state index in [9.17, 15) is 0 Å². The van der Waals surface area contributed by atoms with Crippen LogP contribution in [0.4, 0.5) is 0 Å². The Morgan fingerprint density at radius 2 is 1.56 bits per heavy atom. The Kier molecular flexibility index (Phi) is 3.41. The number of hydroxylamine groups is 2. The van der Waals surface area contributed by atoms with Crippen molar-refractivity contribution in [1.29, 1.82) is 0 Å². The summed E-state index contributed by atoms with van der Waals surface area (Å²) >= 11 is 0. The first kappa shape index (κ1) is 13.4. The minimum absolute atomic E-state index is 0.0873. The molecule has 1 saturated heterocycles. The number of hydrogen-bond acceptors (Lipinski definition) is 2. The summed E-state index contributed by atoms with van der Waals surface area (Å²) in [7, 11) is 0. The van der Waals surface area contributed by atoms with E-state index in [1.54, 1.807) is 0 Å². The van der Waals surface area contributed by atoms with Crippen LogP contribution < -0.4 is 4.84 Å². The van der Waals surface area contributed by atoms with Gasteiger partial charge in [-0.25, -0.2) is 0 Å². The van der Waals surface area contributed by atoms with Gasteiger partial charge >= 0.3 is 0 Å². The fourth-order valence-electron chi connectivity index (χ4n) is 2.98. The van der Waals surface area contributed by atoms with Gasteiger partial charge in [0.15, 0.2) is 0 Å². The third kappa shape index (κ3) is 2.54. The van der Waals surface area contributed by atoms with Crippen molar-refractivity contribution in [2.45, 2.75) is 65.0 Å². The normalized spacial score (nSPS) is 22.7. The lowest BCUT2D eigenvalue weighted by Crippen LogP contribution is -2.60. The highest BCUT2D eigenvalue weighted by Crippen LogP contribution is 2.39. The minimum atomic E-state index is 0.0873. The fraction of sp³-hybridized carbons (Fsp3) is 0.625. The Morgan fingerprint density at radius 3 is 2.11 bits per heavy atom. The molecule has 0 atom stereocenters. The van der Waals surface area contributed by atoms with Crippen molar-refractivity contribution in [3.05, 3.63) is 29.8 Å². The van der Waals surface area contributed by atoms with Gasteiger partial charge in [-0.3, -0.25) is 0 Å². The molecule has 0 unspecified atom stereocenters. The van der Waals surface area contributed by atoms with Gasteiger partial charge in [-0.05, 0) is 65.5 Å². The van der Waals surface area contributed by atoms with Crippen LogP contribution in [0, 0.1) is 6.92 Å². The lowest BCUT2D eigenvalue weighted by atomic mass is 9.82. The van der Waals surface area contributed by atoms with Gasteiger partial charge in [0, 0.05) is 0 Å². The Morgan fingerprint density at radius 1 is 1.00 bits per heavy atom. The maximum absolute atomic E-state index is 6.25. The van der Waals surface area contributed by atoms with Crippen LogP contribution in [0.2, 0.25) is 0 Å². The monoisotopic (exact) mass is 247 g/mol. The summed E-state index contributed by atoms with van der Waals surface area (Å²) in [5.41, 5.74) is 1.36. The molecule has 0 radical (unpaired) electrons. The van der Waals surface area contributed by atoms with Crippen molar-refractivity contribution >= 4 is 0 Å². The average molecular weight is 247 g/mol. The lowest BCUT2D eigenvalue weighted by molar-refractivity contribution is -0.217. The van der Waals surface area contributed by atoms with Gasteiger partial charge in [0.05, 0.1) is 11.1 Å². The molecule has 1 fully saturated rings. The molecule has 2 rings (SSSR count). The minimum Gasteiger partial charge on any atom is -0.405 e. The Bertz CT molecular complexity index is 407. The maximum Gasteiger partial charge on any atom is 0.150 e. The maximum atomic E-state index is 6.25. The molecule has 1 aromatic rings. The van der Waals surface area contributed by atoms with E-state index in [0.717, 1.165) is 5.75 Å². The lowest BCUT2D eigenvalue weighted by Gasteiger charge is -2.51. The number of para-hydroxylation sites is 1. The summed E-state index contributed by atoms with van der Waals surface area (Å²) in [6.07, 6.45) is 3.64. The van der Waals surface area contributed by atoms with E-state index in [4.69, 9.17) is 4.84 Å². The van der Waals surface area contributed by atoms with Crippen LogP contribution in [0.5, 0.6) is 5.75 Å². The van der Waals surface area contributed by atoms with Gasteiger partial charge in [-0.1, -0.05) is 18.2 Å². The third-order valence-corrected chi connectivity index (χ3v) is 3.96. The number of rotatable bonds is 2. The Hall–Kier alpha value is -1.02. The molecule has 0 N–H and O–H groups in total. The quantitative estimate of drug-likeness (QED) is 0.771. The Balaban J connectivity index is 2.27. The zero-order valence-electron chi connectivity index (χ0n) is 12.3. The van der Waals surface area contributed by atoms with Crippen LogP contribution in [0.1, 0.15) is 52.5 Å². The summed E-state index contributed by atoms with van der Waals surface area (Å²) in [6, 6.07) is 8.23. The van der Waals surface area contributed by atoms with E-state index in [1.165, 1.54) is 24.8 Å². The molecule has 1 heterocycles. The molecule has 100 valence electrons. The van der Waals surface area contributed by atoms with Crippen LogP contribution in [-0.2, 0) is 0 Å². The SMILES string of the molecule is Cc1ccccc1ON1C(C)(C)CCCC1(C)C. The summed E-state index contributed by atoms with van der Waals surface area (Å²) in [5, 5.41) is 2.20. The molecule has 1 aliphatic rings. The van der Waals surface area contributed by atoms with E-state index < -0.39 is 0 Å². The standard InChI is InChI=1S/C16H25NO/c1-13-9-6-7-10-14(13)18-17-15(2,3)11-8-12-16(17,4)5/h6-7,9-10H,8,11-12H2,1-5H3. The number of piperidine rings is 1. The van der Waals surface area contributed by atoms with Crippen molar-refractivity contribution in [2.24, 2.45) is 0 Å². The van der Waals surface area contributed by atoms with Gasteiger partial charge < -0.3 is 4.84 Å². The molecular formula is C16H25NO. The van der Waals surface area contributed by atoms with Gasteiger partial charge in [0.2, 0.25) is 0 Å². The molecule has 0 saturated carbocycles. The van der Waals surface area contributed by atoms with Crippen LogP contribution in [0.3, 0.4) is 0 Å². The van der Waals surface area contributed by atoms with E-state index in [2.05, 4.69) is 57.9 Å². The fourth-order valence-corrected chi connectivity index (χ4v) is 2.98. The van der Waals surface area contributed by atoms with Crippen molar-refractivity contribution in [3.63, 3.8) is 0 Å². The molecule has 2 nitrogen and oxygen atoms in total. The molecular weight excluding hydrogens is 222 g/mol. The molecule has 0 spiro atoms. The highest BCUT2D eigenvalue weighted by Gasteiger charge is 2.43. The predicted molar refractivity (Wildman–Crippen MR) is 75.7 cm³/mol. The molecule has 1 aromatic carbocycles. The van der Waals surface area contributed by atoms with Crippen LogP contribution in [-0.4, -0.2) is 16.1 Å². The van der Waals surface area contributed by atoms with E-state index in [1.807, 2.05) is 6.07 Å². The largest absolute Gasteiger partial charge is 0.405 e. The van der Waals surface area contributed by atoms with E-state index in [-0.39, 0.29) is 11.1 Å². The molecule has 0 bridgehead atoms. The van der Waals surface area contributed by atoms with Crippen molar-refractivity contribution < 1.29 is 4.84 Å². The molecule has 2 heteroatoms. The van der Waals surface area contributed by atoms with Crippen LogP contribution >= 0.6 is 0 Å². The van der Waals surface area contributed by atoms with E-state index in [0.29, 0.717) is 0 Å². The molecule has 0 aliphatic carbocycles. The highest BCUT2D eigenvalue weighted by atomic mass is 16.7. The highest BCUT2D eigenvalue weighted by molar-refractivity contribution is 5.31. The summed E-state index contributed by atoms with van der Waals surface area (Å²) < 4.78 is 0. The number of hydrogen-bond donors (Lipinski definition) is 0. The number of nitrogens with zero attached hydrogens (tertiary/aromatic N) is 1. The zero-order chi connectivity index (χ0) is 13.4.